The second-order valence-corrected chi connectivity index (χ2v) is 13.4. The summed E-state index contributed by atoms with van der Waals surface area (Å²) in [4.78, 5) is 3.00. The van der Waals surface area contributed by atoms with E-state index in [0.717, 1.165) is 51.4 Å². The van der Waals surface area contributed by atoms with Gasteiger partial charge in [0.15, 0.2) is 11.6 Å². The molecule has 0 amide bonds. The summed E-state index contributed by atoms with van der Waals surface area (Å²) in [6, 6.07) is 0.105. The number of aliphatic hydroxyl groups excluding tert-OH is 1. The number of rotatable bonds is 23. The van der Waals surface area contributed by atoms with E-state index in [0.29, 0.717) is 13.2 Å². The van der Waals surface area contributed by atoms with Crippen molar-refractivity contribution in [1.82, 2.24) is 0 Å². The Hall–Kier alpha value is -0.890. The zero-order chi connectivity index (χ0) is 31.1. The van der Waals surface area contributed by atoms with Gasteiger partial charge in [-0.15, -0.1) is 0 Å². The Kier molecular flexibility index (Phi) is 21.9. The van der Waals surface area contributed by atoms with Crippen molar-refractivity contribution in [2.45, 2.75) is 206 Å². The molecule has 2 rings (SSSR count). The van der Waals surface area contributed by atoms with Crippen LogP contribution >= 0.6 is 0 Å². The van der Waals surface area contributed by atoms with Crippen molar-refractivity contribution in [3.05, 3.63) is 10.4 Å². The standard InChI is InChI=1S/C17H33N3O2.C17H34O3/c1-4-5-6-7-8-9-10-11-15(19-20-18)12-13-16-14-21-17(2,3)22-16;1-4-5-6-7-8-9-10-11-15(18)12-13-16-14-19-17(2,3)20-16/h15-16H,4-14H2,1-3H3;15-16,18H,4-14H2,1-3H3/t2*15?,16-/m00/s1. The first kappa shape index (κ1) is 39.1. The fourth-order valence-electron chi connectivity index (χ4n) is 5.72. The molecule has 42 heavy (non-hydrogen) atoms. The molecule has 2 aliphatic heterocycles. The molecule has 2 unspecified atom stereocenters. The highest BCUT2D eigenvalue weighted by Crippen LogP contribution is 2.27. The Labute approximate surface area is 258 Å². The minimum atomic E-state index is -0.461. The van der Waals surface area contributed by atoms with E-state index in [1.807, 2.05) is 27.7 Å². The van der Waals surface area contributed by atoms with E-state index < -0.39 is 11.6 Å². The second-order valence-electron chi connectivity index (χ2n) is 13.4. The monoisotopic (exact) mass is 598 g/mol. The molecule has 0 saturated carbocycles. The van der Waals surface area contributed by atoms with E-state index in [9.17, 15) is 5.11 Å². The molecule has 0 spiro atoms. The topological polar surface area (TPSA) is 106 Å². The number of nitrogens with zero attached hydrogens (tertiary/aromatic N) is 3. The highest BCUT2D eigenvalue weighted by atomic mass is 16.7. The number of hydrogen-bond acceptors (Lipinski definition) is 6. The van der Waals surface area contributed by atoms with Gasteiger partial charge in [-0.1, -0.05) is 109 Å². The van der Waals surface area contributed by atoms with Gasteiger partial charge in [0.25, 0.3) is 0 Å². The quantitative estimate of drug-likeness (QED) is 0.0546. The maximum Gasteiger partial charge on any atom is 0.163 e. The molecule has 0 aromatic heterocycles. The SMILES string of the molecule is CCCCCCCCCC(CC[C@H]1COC(C)(C)O1)N=[N+]=[N-].CCCCCCCCCC(O)CC[C@H]1COC(C)(C)O1. The van der Waals surface area contributed by atoms with Crippen molar-refractivity contribution in [3.63, 3.8) is 0 Å². The lowest BCUT2D eigenvalue weighted by Crippen LogP contribution is -2.22. The fraction of sp³-hybridized carbons (Fsp3) is 1.00. The van der Waals surface area contributed by atoms with Gasteiger partial charge in [0, 0.05) is 11.0 Å². The van der Waals surface area contributed by atoms with Crippen molar-refractivity contribution in [1.29, 1.82) is 0 Å². The van der Waals surface area contributed by atoms with Gasteiger partial charge in [-0.05, 0) is 71.8 Å². The molecular weight excluding hydrogens is 530 g/mol. The number of azide groups is 1. The van der Waals surface area contributed by atoms with Crippen LogP contribution in [0.3, 0.4) is 0 Å². The summed E-state index contributed by atoms with van der Waals surface area (Å²) in [5, 5.41) is 13.9. The van der Waals surface area contributed by atoms with Crippen LogP contribution in [-0.4, -0.2) is 54.2 Å². The molecule has 2 heterocycles. The van der Waals surface area contributed by atoms with E-state index in [1.54, 1.807) is 0 Å². The van der Waals surface area contributed by atoms with Gasteiger partial charge in [-0.3, -0.25) is 0 Å². The predicted molar refractivity (Wildman–Crippen MR) is 172 cm³/mol. The van der Waals surface area contributed by atoms with Gasteiger partial charge in [0.05, 0.1) is 31.5 Å². The lowest BCUT2D eigenvalue weighted by atomic mass is 10.0. The molecule has 2 aliphatic rings. The summed E-state index contributed by atoms with van der Waals surface area (Å²) in [5.74, 6) is -0.898. The van der Waals surface area contributed by atoms with Gasteiger partial charge in [-0.2, -0.15) is 0 Å². The smallest absolute Gasteiger partial charge is 0.163 e. The molecule has 8 nitrogen and oxygen atoms in total. The molecular formula is C34H67N3O5. The normalized spacial score (nSPS) is 22.3. The van der Waals surface area contributed by atoms with E-state index in [1.165, 1.54) is 77.0 Å². The largest absolute Gasteiger partial charge is 0.393 e. The van der Waals surface area contributed by atoms with Crippen LogP contribution in [0.5, 0.6) is 0 Å². The highest BCUT2D eigenvalue weighted by molar-refractivity contribution is 4.75. The molecule has 8 heteroatoms. The molecule has 248 valence electrons. The van der Waals surface area contributed by atoms with Crippen LogP contribution in [0.2, 0.25) is 0 Å². The van der Waals surface area contributed by atoms with Crippen molar-refractivity contribution < 1.29 is 24.1 Å². The first-order chi connectivity index (χ1) is 20.1. The van der Waals surface area contributed by atoms with Crippen LogP contribution in [0.1, 0.15) is 170 Å². The molecule has 2 fully saturated rings. The molecule has 0 aliphatic carbocycles. The Bertz CT molecular complexity index is 699. The summed E-state index contributed by atoms with van der Waals surface area (Å²) in [5.41, 5.74) is 8.71. The van der Waals surface area contributed by atoms with Crippen molar-refractivity contribution in [2.24, 2.45) is 5.11 Å². The van der Waals surface area contributed by atoms with E-state index in [4.69, 9.17) is 24.5 Å². The van der Waals surface area contributed by atoms with Gasteiger partial charge in [0.2, 0.25) is 0 Å². The van der Waals surface area contributed by atoms with E-state index in [-0.39, 0.29) is 24.4 Å². The Morgan fingerprint density at radius 1 is 0.667 bits per heavy atom. The molecule has 0 bridgehead atoms. The highest BCUT2D eigenvalue weighted by Gasteiger charge is 2.33. The average molecular weight is 598 g/mol. The lowest BCUT2D eigenvalue weighted by molar-refractivity contribution is -0.139. The summed E-state index contributed by atoms with van der Waals surface area (Å²) < 4.78 is 22.6. The average Bonchev–Trinajstić information content (AvgIpc) is 3.49. The van der Waals surface area contributed by atoms with Gasteiger partial charge in [-0.25, -0.2) is 0 Å². The summed E-state index contributed by atoms with van der Waals surface area (Å²) in [6.45, 7) is 13.6. The molecule has 0 aromatic carbocycles. The Morgan fingerprint density at radius 3 is 1.52 bits per heavy atom. The lowest BCUT2D eigenvalue weighted by Gasteiger charge is -2.18. The van der Waals surface area contributed by atoms with Crippen LogP contribution in [-0.2, 0) is 18.9 Å². The Balaban J connectivity index is 0.000000422. The zero-order valence-corrected chi connectivity index (χ0v) is 28.3. The molecule has 0 radical (unpaired) electrons. The predicted octanol–water partition coefficient (Wildman–Crippen LogP) is 10.2. The van der Waals surface area contributed by atoms with Crippen LogP contribution < -0.4 is 0 Å². The fourth-order valence-corrected chi connectivity index (χ4v) is 5.72. The third kappa shape index (κ3) is 20.9. The van der Waals surface area contributed by atoms with Crippen LogP contribution in [0, 0.1) is 0 Å². The third-order valence-corrected chi connectivity index (χ3v) is 8.28. The maximum absolute atomic E-state index is 9.98. The summed E-state index contributed by atoms with van der Waals surface area (Å²) in [7, 11) is 0. The minimum absolute atomic E-state index is 0.105. The van der Waals surface area contributed by atoms with Crippen LogP contribution in [0.4, 0.5) is 0 Å². The van der Waals surface area contributed by atoms with Crippen molar-refractivity contribution >= 4 is 0 Å². The van der Waals surface area contributed by atoms with Crippen molar-refractivity contribution in [2.75, 3.05) is 13.2 Å². The Morgan fingerprint density at radius 2 is 1.10 bits per heavy atom. The minimum Gasteiger partial charge on any atom is -0.393 e. The van der Waals surface area contributed by atoms with E-state index in [2.05, 4.69) is 23.9 Å². The van der Waals surface area contributed by atoms with Crippen molar-refractivity contribution in [3.8, 4) is 0 Å². The molecule has 4 atom stereocenters. The zero-order valence-electron chi connectivity index (χ0n) is 28.3. The van der Waals surface area contributed by atoms with Gasteiger partial charge in [0.1, 0.15) is 0 Å². The van der Waals surface area contributed by atoms with Crippen LogP contribution in [0.25, 0.3) is 10.4 Å². The molecule has 2 saturated heterocycles. The summed E-state index contributed by atoms with van der Waals surface area (Å²) >= 11 is 0. The van der Waals surface area contributed by atoms with Crippen LogP contribution in [0.15, 0.2) is 5.11 Å². The van der Waals surface area contributed by atoms with E-state index >= 15 is 0 Å². The number of unbranched alkanes of at least 4 members (excludes halogenated alkanes) is 12. The maximum atomic E-state index is 9.98. The van der Waals surface area contributed by atoms with Gasteiger partial charge >= 0.3 is 0 Å². The third-order valence-electron chi connectivity index (χ3n) is 8.28. The molecule has 1 N–H and O–H groups in total. The second kappa shape index (κ2) is 23.5. The first-order valence-electron chi connectivity index (χ1n) is 17.5. The summed E-state index contributed by atoms with van der Waals surface area (Å²) in [6.07, 6.45) is 23.8. The van der Waals surface area contributed by atoms with Gasteiger partial charge < -0.3 is 24.1 Å². The molecule has 0 aromatic rings. The number of aliphatic hydroxyl groups is 1. The number of hydrogen-bond donors (Lipinski definition) is 1. The number of ether oxygens (including phenoxy) is 4. The first-order valence-corrected chi connectivity index (χ1v) is 17.5.